The monoisotopic (exact) mass is 269 g/mol. The van der Waals surface area contributed by atoms with E-state index in [-0.39, 0.29) is 6.61 Å². The van der Waals surface area contributed by atoms with E-state index in [2.05, 4.69) is 12.0 Å². The van der Waals surface area contributed by atoms with Gasteiger partial charge >= 0.3 is 5.97 Å². The smallest absolute Gasteiger partial charge is 0.358 e. The van der Waals surface area contributed by atoms with Gasteiger partial charge in [-0.25, -0.2) is 4.79 Å². The van der Waals surface area contributed by atoms with E-state index in [4.69, 9.17) is 15.2 Å². The fourth-order valence-electron chi connectivity index (χ4n) is 1.65. The van der Waals surface area contributed by atoms with Crippen molar-refractivity contribution in [3.8, 4) is 0 Å². The van der Waals surface area contributed by atoms with Crippen molar-refractivity contribution in [3.63, 3.8) is 0 Å². The summed E-state index contributed by atoms with van der Waals surface area (Å²) in [4.78, 5) is 11.9. The second-order valence-corrected chi connectivity index (χ2v) is 4.27. The molecule has 0 saturated carbocycles. The number of esters is 1. The highest BCUT2D eigenvalue weighted by Gasteiger charge is 2.20. The molecule has 0 amide bonds. The molecular formula is C13H23N3O3. The number of carbonyl (C=O) groups excluding carboxylic acids is 1. The van der Waals surface area contributed by atoms with Crippen LogP contribution in [0.15, 0.2) is 0 Å². The van der Waals surface area contributed by atoms with Crippen LogP contribution >= 0.6 is 0 Å². The summed E-state index contributed by atoms with van der Waals surface area (Å²) in [6.45, 7) is 7.68. The Morgan fingerprint density at radius 1 is 1.32 bits per heavy atom. The number of aryl methyl sites for hydroxylation is 2. The molecule has 0 radical (unpaired) electrons. The van der Waals surface area contributed by atoms with Crippen molar-refractivity contribution in [1.82, 2.24) is 9.78 Å². The Balaban J connectivity index is 2.45. The summed E-state index contributed by atoms with van der Waals surface area (Å²) in [7, 11) is 0. The highest BCUT2D eigenvalue weighted by Crippen LogP contribution is 2.17. The van der Waals surface area contributed by atoms with Crippen molar-refractivity contribution in [3.05, 3.63) is 11.4 Å². The number of hydrogen-bond donors (Lipinski definition) is 1. The number of unbranched alkanes of at least 4 members (excludes halogenated alkanes) is 1. The molecule has 0 aliphatic heterocycles. The van der Waals surface area contributed by atoms with E-state index < -0.39 is 5.97 Å². The van der Waals surface area contributed by atoms with Crippen molar-refractivity contribution in [2.75, 3.05) is 25.6 Å². The van der Waals surface area contributed by atoms with E-state index in [1.54, 1.807) is 11.6 Å². The lowest BCUT2D eigenvalue weighted by Crippen LogP contribution is -2.16. The zero-order valence-electron chi connectivity index (χ0n) is 11.9. The SMILES string of the molecule is CCCCOCCOC(=O)c1c(N)c(C)nn1CC. The van der Waals surface area contributed by atoms with Crippen molar-refractivity contribution in [2.24, 2.45) is 0 Å². The minimum Gasteiger partial charge on any atom is -0.458 e. The molecule has 0 fully saturated rings. The van der Waals surface area contributed by atoms with Crippen molar-refractivity contribution < 1.29 is 14.3 Å². The average molecular weight is 269 g/mol. The Hall–Kier alpha value is -1.56. The van der Waals surface area contributed by atoms with Crippen molar-refractivity contribution in [1.29, 1.82) is 0 Å². The van der Waals surface area contributed by atoms with E-state index in [0.29, 0.717) is 36.8 Å². The predicted octanol–water partition coefficient (Wildman–Crippen LogP) is 1.77. The highest BCUT2D eigenvalue weighted by atomic mass is 16.6. The number of nitrogen functional groups attached to an aromatic ring is 1. The molecule has 0 spiro atoms. The second kappa shape index (κ2) is 7.78. The van der Waals surface area contributed by atoms with Gasteiger partial charge in [-0.1, -0.05) is 13.3 Å². The number of nitrogens with zero attached hydrogens (tertiary/aromatic N) is 2. The first-order valence-electron chi connectivity index (χ1n) is 6.69. The van der Waals surface area contributed by atoms with E-state index in [1.807, 2.05) is 6.92 Å². The summed E-state index contributed by atoms with van der Waals surface area (Å²) in [6, 6.07) is 0. The Bertz CT molecular complexity index is 416. The maximum atomic E-state index is 11.9. The van der Waals surface area contributed by atoms with Crippen LogP contribution < -0.4 is 5.73 Å². The molecule has 1 aromatic rings. The van der Waals surface area contributed by atoms with Crippen LogP contribution in [-0.4, -0.2) is 35.6 Å². The normalized spacial score (nSPS) is 10.7. The summed E-state index contributed by atoms with van der Waals surface area (Å²) in [5.74, 6) is -0.445. The standard InChI is InChI=1S/C13H23N3O3/c1-4-6-7-18-8-9-19-13(17)12-11(14)10(3)15-16(12)5-2/h4-9,14H2,1-3H3. The third kappa shape index (κ3) is 4.24. The van der Waals surface area contributed by atoms with E-state index in [0.717, 1.165) is 12.8 Å². The van der Waals surface area contributed by atoms with Gasteiger partial charge in [-0.2, -0.15) is 5.10 Å². The number of rotatable bonds is 8. The van der Waals surface area contributed by atoms with E-state index in [9.17, 15) is 4.79 Å². The maximum Gasteiger partial charge on any atom is 0.358 e. The second-order valence-electron chi connectivity index (χ2n) is 4.27. The largest absolute Gasteiger partial charge is 0.458 e. The molecule has 19 heavy (non-hydrogen) atoms. The molecule has 2 N–H and O–H groups in total. The van der Waals surface area contributed by atoms with Gasteiger partial charge in [-0.05, 0) is 20.3 Å². The molecule has 0 unspecified atom stereocenters. The molecule has 0 aromatic carbocycles. The summed E-state index contributed by atoms with van der Waals surface area (Å²) >= 11 is 0. The molecule has 1 aromatic heterocycles. The molecular weight excluding hydrogens is 246 g/mol. The van der Waals surface area contributed by atoms with E-state index >= 15 is 0 Å². The molecule has 0 aliphatic carbocycles. The van der Waals surface area contributed by atoms with Crippen LogP contribution in [0, 0.1) is 6.92 Å². The first kappa shape index (κ1) is 15.5. The van der Waals surface area contributed by atoms with Gasteiger partial charge in [0.1, 0.15) is 6.61 Å². The number of hydrogen-bond acceptors (Lipinski definition) is 5. The molecule has 0 aliphatic rings. The first-order chi connectivity index (χ1) is 9.11. The lowest BCUT2D eigenvalue weighted by molar-refractivity contribution is 0.0303. The summed E-state index contributed by atoms with van der Waals surface area (Å²) in [5.41, 5.74) is 7.20. The molecule has 0 atom stereocenters. The Morgan fingerprint density at radius 3 is 2.68 bits per heavy atom. The summed E-state index contributed by atoms with van der Waals surface area (Å²) < 4.78 is 12.0. The number of anilines is 1. The van der Waals surface area contributed by atoms with Crippen LogP contribution in [-0.2, 0) is 16.0 Å². The van der Waals surface area contributed by atoms with Gasteiger partial charge in [0.25, 0.3) is 0 Å². The lowest BCUT2D eigenvalue weighted by atomic mass is 10.3. The lowest BCUT2D eigenvalue weighted by Gasteiger charge is -2.07. The Labute approximate surface area is 113 Å². The molecule has 0 bridgehead atoms. The zero-order chi connectivity index (χ0) is 14.3. The van der Waals surface area contributed by atoms with Gasteiger partial charge in [0, 0.05) is 13.2 Å². The van der Waals surface area contributed by atoms with E-state index in [1.165, 1.54) is 0 Å². The quantitative estimate of drug-likeness (QED) is 0.574. The number of aromatic nitrogens is 2. The zero-order valence-corrected chi connectivity index (χ0v) is 11.9. The van der Waals surface area contributed by atoms with Crippen molar-refractivity contribution in [2.45, 2.75) is 40.2 Å². The van der Waals surface area contributed by atoms with Gasteiger partial charge in [0.15, 0.2) is 5.69 Å². The van der Waals surface area contributed by atoms with Crippen molar-refractivity contribution >= 4 is 11.7 Å². The average Bonchev–Trinajstić information content (AvgIpc) is 2.69. The van der Waals surface area contributed by atoms with Crippen LogP contribution in [0.2, 0.25) is 0 Å². The van der Waals surface area contributed by atoms with Crippen LogP contribution in [0.5, 0.6) is 0 Å². The molecule has 1 rings (SSSR count). The minimum absolute atomic E-state index is 0.232. The minimum atomic E-state index is -0.445. The van der Waals surface area contributed by atoms with Gasteiger partial charge in [-0.3, -0.25) is 4.68 Å². The predicted molar refractivity (Wildman–Crippen MR) is 73.1 cm³/mol. The first-order valence-corrected chi connectivity index (χ1v) is 6.69. The van der Waals surface area contributed by atoms with Gasteiger partial charge in [-0.15, -0.1) is 0 Å². The molecule has 6 heteroatoms. The Kier molecular flexibility index (Phi) is 6.35. The van der Waals surface area contributed by atoms with Crippen LogP contribution in [0.4, 0.5) is 5.69 Å². The molecule has 6 nitrogen and oxygen atoms in total. The topological polar surface area (TPSA) is 79.4 Å². The molecule has 0 saturated heterocycles. The van der Waals surface area contributed by atoms with Crippen LogP contribution in [0.1, 0.15) is 42.9 Å². The fraction of sp³-hybridized carbons (Fsp3) is 0.692. The molecule has 108 valence electrons. The van der Waals surface area contributed by atoms with Crippen LogP contribution in [0.3, 0.4) is 0 Å². The maximum absolute atomic E-state index is 11.9. The van der Waals surface area contributed by atoms with Crippen LogP contribution in [0.25, 0.3) is 0 Å². The van der Waals surface area contributed by atoms with Gasteiger partial charge in [0.05, 0.1) is 18.0 Å². The summed E-state index contributed by atoms with van der Waals surface area (Å²) in [5, 5.41) is 4.18. The summed E-state index contributed by atoms with van der Waals surface area (Å²) in [6.07, 6.45) is 2.11. The third-order valence-corrected chi connectivity index (χ3v) is 2.77. The fourth-order valence-corrected chi connectivity index (χ4v) is 1.65. The number of ether oxygens (including phenoxy) is 2. The third-order valence-electron chi connectivity index (χ3n) is 2.77. The number of carbonyl (C=O) groups is 1. The van der Waals surface area contributed by atoms with Gasteiger partial charge < -0.3 is 15.2 Å². The highest BCUT2D eigenvalue weighted by molar-refractivity contribution is 5.93. The Morgan fingerprint density at radius 2 is 2.05 bits per heavy atom. The number of nitrogens with two attached hydrogens (primary N) is 1. The molecule has 1 heterocycles. The van der Waals surface area contributed by atoms with Gasteiger partial charge in [0.2, 0.25) is 0 Å².